The maximum Gasteiger partial charge on any atom is 0.417 e. The molecule has 0 unspecified atom stereocenters. The smallest absolute Gasteiger partial charge is 0.417 e. The number of hydrogen-bond acceptors (Lipinski definition) is 10. The van der Waals surface area contributed by atoms with Crippen LogP contribution in [0.5, 0.6) is 0 Å². The second-order valence-electron chi connectivity index (χ2n) is 10.7. The molecule has 2 rings (SSSR count). The molecule has 0 N–H and O–H groups in total. The van der Waals surface area contributed by atoms with Gasteiger partial charge in [-0.05, 0) is 54.4 Å². The van der Waals surface area contributed by atoms with Crippen LogP contribution in [0.25, 0.3) is 0 Å². The van der Waals surface area contributed by atoms with Crippen LogP contribution >= 0.6 is 0 Å². The molecule has 0 bridgehead atoms. The van der Waals surface area contributed by atoms with E-state index >= 15 is 0 Å². The SMILES string of the molecule is COC(=O)[C@@H]1C[C@@H](C)C(=O)N1C(=O)OC(C)(C)C.COC(=O)[C@@H]1C[C@H](C)C(=O)N1C(=O)OC(C)(C)C. The normalized spacial score (nSPS) is 24.1. The van der Waals surface area contributed by atoms with Crippen LogP contribution in [0.15, 0.2) is 0 Å². The number of hydrogen-bond donors (Lipinski definition) is 0. The third kappa shape index (κ3) is 7.92. The summed E-state index contributed by atoms with van der Waals surface area (Å²) in [5.41, 5.74) is -1.44. The maximum absolute atomic E-state index is 11.9. The predicted octanol–water partition coefficient (Wildman–Crippen LogP) is 2.66. The summed E-state index contributed by atoms with van der Waals surface area (Å²) >= 11 is 0. The Bertz CT molecular complexity index is 814. The summed E-state index contributed by atoms with van der Waals surface area (Å²) in [6.45, 7) is 13.5. The van der Waals surface area contributed by atoms with Crippen LogP contribution in [0.2, 0.25) is 0 Å². The highest BCUT2D eigenvalue weighted by Crippen LogP contribution is 2.28. The highest BCUT2D eigenvalue weighted by molar-refractivity contribution is 6.01. The molecule has 12 heteroatoms. The van der Waals surface area contributed by atoms with Gasteiger partial charge in [0.25, 0.3) is 0 Å². The summed E-state index contributed by atoms with van der Waals surface area (Å²) in [7, 11) is 2.45. The lowest BCUT2D eigenvalue weighted by molar-refractivity contribution is -0.149. The van der Waals surface area contributed by atoms with Gasteiger partial charge in [0.1, 0.15) is 23.3 Å². The average molecular weight is 515 g/mol. The molecule has 0 saturated carbocycles. The maximum atomic E-state index is 11.9. The molecule has 0 aromatic rings. The molecular weight excluding hydrogens is 476 g/mol. The zero-order valence-corrected chi connectivity index (χ0v) is 22.7. The van der Waals surface area contributed by atoms with Gasteiger partial charge in [-0.3, -0.25) is 9.59 Å². The Labute approximate surface area is 211 Å². The van der Waals surface area contributed by atoms with Crippen molar-refractivity contribution in [3.05, 3.63) is 0 Å². The second kappa shape index (κ2) is 11.7. The van der Waals surface area contributed by atoms with Crippen molar-refractivity contribution >= 4 is 35.9 Å². The number of imide groups is 2. The Morgan fingerprint density at radius 1 is 0.667 bits per heavy atom. The van der Waals surface area contributed by atoms with E-state index in [2.05, 4.69) is 9.47 Å². The summed E-state index contributed by atoms with van der Waals surface area (Å²) in [5.74, 6) is -2.78. The number of ether oxygens (including phenoxy) is 4. The van der Waals surface area contributed by atoms with Crippen molar-refractivity contribution in [1.29, 1.82) is 0 Å². The molecule has 2 fully saturated rings. The fourth-order valence-corrected chi connectivity index (χ4v) is 3.60. The first-order valence-electron chi connectivity index (χ1n) is 11.6. The third-order valence-electron chi connectivity index (χ3n) is 5.22. The molecule has 2 aliphatic heterocycles. The topological polar surface area (TPSA) is 146 Å². The molecule has 36 heavy (non-hydrogen) atoms. The lowest BCUT2D eigenvalue weighted by atomic mass is 10.1. The van der Waals surface area contributed by atoms with E-state index in [4.69, 9.17) is 9.47 Å². The zero-order valence-electron chi connectivity index (χ0n) is 22.7. The molecule has 2 aliphatic rings. The Hall–Kier alpha value is -3.18. The van der Waals surface area contributed by atoms with Gasteiger partial charge >= 0.3 is 24.1 Å². The predicted molar refractivity (Wildman–Crippen MR) is 125 cm³/mol. The minimum absolute atomic E-state index is 0.269. The quantitative estimate of drug-likeness (QED) is 0.398. The van der Waals surface area contributed by atoms with Gasteiger partial charge in [0.05, 0.1) is 14.2 Å². The van der Waals surface area contributed by atoms with E-state index in [9.17, 15) is 28.8 Å². The van der Waals surface area contributed by atoms with Crippen molar-refractivity contribution < 1.29 is 47.7 Å². The first kappa shape index (κ1) is 30.9. The number of rotatable bonds is 2. The summed E-state index contributed by atoms with van der Waals surface area (Å²) in [6.07, 6.45) is -1.06. The Balaban J connectivity index is 0.000000360. The van der Waals surface area contributed by atoms with Gasteiger partial charge in [0.2, 0.25) is 11.8 Å². The molecule has 0 aromatic heterocycles. The first-order chi connectivity index (χ1) is 16.3. The second-order valence-corrected chi connectivity index (χ2v) is 10.7. The molecule has 0 aliphatic carbocycles. The standard InChI is InChI=1S/2C12H19NO5/c2*1-7-6-8(10(15)17-5)13(9(7)14)11(16)18-12(2,3)4/h2*7-8H,6H2,1-5H3/t7-,8+;7-,8-/m10/s1. The van der Waals surface area contributed by atoms with Crippen molar-refractivity contribution in [2.24, 2.45) is 11.8 Å². The third-order valence-corrected chi connectivity index (χ3v) is 5.22. The lowest BCUT2D eigenvalue weighted by Crippen LogP contribution is -2.46. The van der Waals surface area contributed by atoms with E-state index < -0.39 is 59.2 Å². The molecule has 2 saturated heterocycles. The fourth-order valence-electron chi connectivity index (χ4n) is 3.60. The average Bonchev–Trinajstić information content (AvgIpc) is 3.20. The van der Waals surface area contributed by atoms with Gasteiger partial charge < -0.3 is 18.9 Å². The van der Waals surface area contributed by atoms with Gasteiger partial charge in [-0.1, -0.05) is 13.8 Å². The van der Waals surface area contributed by atoms with Crippen LogP contribution in [0.3, 0.4) is 0 Å². The highest BCUT2D eigenvalue weighted by atomic mass is 16.6. The summed E-state index contributed by atoms with van der Waals surface area (Å²) in [6, 6.07) is -1.76. The number of esters is 2. The van der Waals surface area contributed by atoms with Crippen LogP contribution in [0.4, 0.5) is 9.59 Å². The molecule has 0 spiro atoms. The molecule has 0 radical (unpaired) electrons. The van der Waals surface area contributed by atoms with Crippen LogP contribution < -0.4 is 0 Å². The number of carbonyl (C=O) groups is 6. The van der Waals surface area contributed by atoms with E-state index in [1.807, 2.05) is 0 Å². The van der Waals surface area contributed by atoms with E-state index in [-0.39, 0.29) is 24.7 Å². The highest BCUT2D eigenvalue weighted by Gasteiger charge is 2.48. The zero-order chi connectivity index (χ0) is 28.2. The van der Waals surface area contributed by atoms with Gasteiger partial charge in [0.15, 0.2) is 0 Å². The van der Waals surface area contributed by atoms with E-state index in [0.29, 0.717) is 0 Å². The molecule has 0 aromatic carbocycles. The Kier molecular flexibility index (Phi) is 10.0. The first-order valence-corrected chi connectivity index (χ1v) is 11.6. The van der Waals surface area contributed by atoms with E-state index in [1.165, 1.54) is 14.2 Å². The summed E-state index contributed by atoms with van der Waals surface area (Å²) < 4.78 is 19.4. The summed E-state index contributed by atoms with van der Waals surface area (Å²) in [5, 5.41) is 0. The minimum atomic E-state index is -0.882. The van der Waals surface area contributed by atoms with Crippen molar-refractivity contribution in [2.45, 2.75) is 91.5 Å². The Morgan fingerprint density at radius 2 is 0.944 bits per heavy atom. The Morgan fingerprint density at radius 3 is 1.17 bits per heavy atom. The molecule has 4 atom stereocenters. The van der Waals surface area contributed by atoms with E-state index in [0.717, 1.165) is 9.80 Å². The molecule has 2 heterocycles. The number of nitrogens with zero attached hydrogens (tertiary/aromatic N) is 2. The molecule has 12 nitrogen and oxygen atoms in total. The van der Waals surface area contributed by atoms with Crippen LogP contribution in [-0.4, -0.2) is 83.2 Å². The summed E-state index contributed by atoms with van der Waals surface area (Å²) in [4.78, 5) is 72.5. The van der Waals surface area contributed by atoms with Gasteiger partial charge in [-0.15, -0.1) is 0 Å². The van der Waals surface area contributed by atoms with Crippen molar-refractivity contribution in [1.82, 2.24) is 9.80 Å². The van der Waals surface area contributed by atoms with Crippen LogP contribution in [-0.2, 0) is 38.1 Å². The molecule has 204 valence electrons. The van der Waals surface area contributed by atoms with Crippen molar-refractivity contribution in [3.63, 3.8) is 0 Å². The van der Waals surface area contributed by atoms with Crippen LogP contribution in [0, 0.1) is 11.8 Å². The van der Waals surface area contributed by atoms with Gasteiger partial charge in [0, 0.05) is 11.8 Å². The number of likely N-dealkylation sites (tertiary alicyclic amines) is 2. The molecular formula is C24H38N2O10. The van der Waals surface area contributed by atoms with Crippen molar-refractivity contribution in [2.75, 3.05) is 14.2 Å². The monoisotopic (exact) mass is 514 g/mol. The van der Waals surface area contributed by atoms with Crippen molar-refractivity contribution in [3.8, 4) is 0 Å². The largest absolute Gasteiger partial charge is 0.467 e. The minimum Gasteiger partial charge on any atom is -0.467 e. The number of amides is 4. The van der Waals surface area contributed by atoms with E-state index in [1.54, 1.807) is 55.4 Å². The van der Waals surface area contributed by atoms with Crippen LogP contribution in [0.1, 0.15) is 68.2 Å². The van der Waals surface area contributed by atoms with Gasteiger partial charge in [-0.2, -0.15) is 0 Å². The fraction of sp³-hybridized carbons (Fsp3) is 0.750. The lowest BCUT2D eigenvalue weighted by Gasteiger charge is -2.26. The number of carbonyl (C=O) groups excluding carboxylic acids is 6. The number of methoxy groups -OCH3 is 2. The molecule has 4 amide bonds. The van der Waals surface area contributed by atoms with Gasteiger partial charge in [-0.25, -0.2) is 29.0 Å².